The number of carbonyl (C=O) groups excluding carboxylic acids is 1. The van der Waals surface area contributed by atoms with Gasteiger partial charge in [-0.25, -0.2) is 9.79 Å². The number of aliphatic imine (C=N–C) groups is 1. The van der Waals surface area contributed by atoms with Crippen molar-refractivity contribution >= 4 is 46.3 Å². The lowest BCUT2D eigenvalue weighted by atomic mass is 10.1. The fourth-order valence-electron chi connectivity index (χ4n) is 3.05. The van der Waals surface area contributed by atoms with Crippen LogP contribution in [-0.4, -0.2) is 52.3 Å². The minimum Gasteiger partial charge on any atom is -0.507 e. The number of hydrogen-bond acceptors (Lipinski definition) is 6. The van der Waals surface area contributed by atoms with E-state index in [1.165, 1.54) is 28.8 Å². The van der Waals surface area contributed by atoms with Gasteiger partial charge in [-0.2, -0.15) is 0 Å². The first-order valence-corrected chi connectivity index (χ1v) is 10.3. The number of aromatic carboxylic acids is 1. The second kappa shape index (κ2) is 9.04. The van der Waals surface area contributed by atoms with Gasteiger partial charge in [0.25, 0.3) is 5.91 Å². The number of anilines is 1. The minimum absolute atomic E-state index is 0.0995. The van der Waals surface area contributed by atoms with Gasteiger partial charge in [-0.05, 0) is 62.0 Å². The molecule has 0 spiro atoms. The molecule has 2 aromatic rings. The van der Waals surface area contributed by atoms with Gasteiger partial charge in [0.1, 0.15) is 5.75 Å². The number of likely N-dealkylation sites (N-methyl/N-ethyl adjacent to an activating group) is 1. The second-order valence-electron chi connectivity index (χ2n) is 6.64. The number of phenols is 1. The number of carbonyl (C=O) groups is 2. The number of amides is 1. The van der Waals surface area contributed by atoms with Crippen molar-refractivity contribution in [2.75, 3.05) is 25.0 Å². The van der Waals surface area contributed by atoms with Gasteiger partial charge in [0, 0.05) is 37.5 Å². The smallest absolute Gasteiger partial charge is 0.335 e. The first-order valence-electron chi connectivity index (χ1n) is 9.51. The van der Waals surface area contributed by atoms with Crippen LogP contribution in [0.1, 0.15) is 29.8 Å². The van der Waals surface area contributed by atoms with Crippen LogP contribution in [0.5, 0.6) is 5.75 Å². The number of aromatic hydroxyl groups is 1. The number of carboxylic acids is 1. The number of nitrogens with zero attached hydrogens (tertiary/aromatic N) is 3. The summed E-state index contributed by atoms with van der Waals surface area (Å²) in [7, 11) is 1.61. The predicted octanol–water partition coefficient (Wildman–Crippen LogP) is 4.17. The van der Waals surface area contributed by atoms with Gasteiger partial charge in [0.05, 0.1) is 16.2 Å². The number of amidine groups is 1. The summed E-state index contributed by atoms with van der Waals surface area (Å²) in [6.07, 6.45) is 1.64. The number of carboxylic acid groups (broad SMARTS) is 1. The third-order valence-electron chi connectivity index (χ3n) is 4.75. The molecule has 2 N–H and O–H groups in total. The Balaban J connectivity index is 1.88. The molecule has 0 unspecified atom stereocenters. The van der Waals surface area contributed by atoms with E-state index >= 15 is 0 Å². The number of phenolic OH excluding ortho intramolecular Hbond substituents is 1. The highest BCUT2D eigenvalue weighted by molar-refractivity contribution is 8.18. The van der Waals surface area contributed by atoms with Crippen LogP contribution in [0.25, 0.3) is 6.08 Å². The van der Waals surface area contributed by atoms with Crippen LogP contribution in [0.4, 0.5) is 11.4 Å². The van der Waals surface area contributed by atoms with E-state index in [0.29, 0.717) is 21.3 Å². The third kappa shape index (κ3) is 4.49. The summed E-state index contributed by atoms with van der Waals surface area (Å²) in [5.41, 5.74) is 2.04. The molecule has 1 aliphatic rings. The molecule has 8 heteroatoms. The molecule has 0 atom stereocenters. The molecule has 156 valence electrons. The van der Waals surface area contributed by atoms with Gasteiger partial charge in [0.15, 0.2) is 5.17 Å². The molecule has 3 rings (SSSR count). The molecule has 0 bridgehead atoms. The number of rotatable bonds is 6. The Hall–Kier alpha value is -3.26. The highest BCUT2D eigenvalue weighted by Crippen LogP contribution is 2.35. The first kappa shape index (κ1) is 21.4. The van der Waals surface area contributed by atoms with E-state index in [2.05, 4.69) is 9.89 Å². The van der Waals surface area contributed by atoms with E-state index in [-0.39, 0.29) is 17.2 Å². The van der Waals surface area contributed by atoms with Crippen LogP contribution in [0.15, 0.2) is 52.4 Å². The van der Waals surface area contributed by atoms with Crippen molar-refractivity contribution in [3.05, 3.63) is 58.5 Å². The summed E-state index contributed by atoms with van der Waals surface area (Å²) in [6.45, 7) is 5.76. The summed E-state index contributed by atoms with van der Waals surface area (Å²) in [6, 6.07) is 11.6. The molecule has 1 saturated heterocycles. The van der Waals surface area contributed by atoms with E-state index in [4.69, 9.17) is 5.11 Å². The second-order valence-corrected chi connectivity index (χ2v) is 7.65. The lowest BCUT2D eigenvalue weighted by Gasteiger charge is -2.21. The van der Waals surface area contributed by atoms with E-state index in [9.17, 15) is 14.7 Å². The summed E-state index contributed by atoms with van der Waals surface area (Å²) in [5, 5.41) is 20.0. The van der Waals surface area contributed by atoms with Crippen molar-refractivity contribution in [3.63, 3.8) is 0 Å². The normalized spacial score (nSPS) is 16.5. The molecule has 0 aliphatic carbocycles. The first-order chi connectivity index (χ1) is 14.3. The molecule has 30 heavy (non-hydrogen) atoms. The summed E-state index contributed by atoms with van der Waals surface area (Å²) in [4.78, 5) is 32.2. The van der Waals surface area contributed by atoms with Crippen LogP contribution in [0.3, 0.4) is 0 Å². The van der Waals surface area contributed by atoms with Crippen LogP contribution < -0.4 is 4.90 Å². The molecule has 1 amide bonds. The molecular weight excluding hydrogens is 402 g/mol. The Bertz CT molecular complexity index is 1040. The number of benzene rings is 2. The van der Waals surface area contributed by atoms with Gasteiger partial charge < -0.3 is 15.1 Å². The Labute approximate surface area is 179 Å². The molecule has 0 saturated carbocycles. The third-order valence-corrected chi connectivity index (χ3v) is 5.81. The van der Waals surface area contributed by atoms with Crippen LogP contribution in [0, 0.1) is 0 Å². The zero-order valence-corrected chi connectivity index (χ0v) is 17.8. The standard InChI is InChI=1S/C22H23N3O4S/c1-4-25(5-2)17-10-9-14(18(26)13-17)12-19-20(27)24(3)22(30-19)23-16-8-6-7-15(11-16)21(28)29/h6-13,26H,4-5H2,1-3H3,(H,28,29). The van der Waals surface area contributed by atoms with Crippen LogP contribution >= 0.6 is 11.8 Å². The topological polar surface area (TPSA) is 93.4 Å². The van der Waals surface area contributed by atoms with E-state index in [0.717, 1.165) is 18.8 Å². The Morgan fingerprint density at radius 1 is 1.20 bits per heavy atom. The average Bonchev–Trinajstić information content (AvgIpc) is 2.99. The fraction of sp³-hybridized carbons (Fsp3) is 0.227. The maximum atomic E-state index is 12.6. The van der Waals surface area contributed by atoms with Gasteiger partial charge in [0.2, 0.25) is 0 Å². The molecule has 0 aromatic heterocycles. The number of thioether (sulfide) groups is 1. The van der Waals surface area contributed by atoms with Crippen molar-refractivity contribution in [1.29, 1.82) is 0 Å². The summed E-state index contributed by atoms with van der Waals surface area (Å²) in [5.74, 6) is -1.17. The molecule has 0 radical (unpaired) electrons. The van der Waals surface area contributed by atoms with Gasteiger partial charge >= 0.3 is 5.97 Å². The fourth-order valence-corrected chi connectivity index (χ4v) is 4.03. The van der Waals surface area contributed by atoms with Crippen LogP contribution in [-0.2, 0) is 4.79 Å². The van der Waals surface area contributed by atoms with Crippen molar-refractivity contribution in [2.45, 2.75) is 13.8 Å². The lowest BCUT2D eigenvalue weighted by Crippen LogP contribution is -2.23. The quantitative estimate of drug-likeness (QED) is 0.675. The van der Waals surface area contributed by atoms with Crippen molar-refractivity contribution in [1.82, 2.24) is 4.90 Å². The molecule has 1 aliphatic heterocycles. The van der Waals surface area contributed by atoms with Crippen molar-refractivity contribution in [3.8, 4) is 5.75 Å². The zero-order valence-electron chi connectivity index (χ0n) is 17.0. The van der Waals surface area contributed by atoms with E-state index in [1.807, 2.05) is 19.9 Å². The largest absolute Gasteiger partial charge is 0.507 e. The van der Waals surface area contributed by atoms with Crippen molar-refractivity contribution in [2.24, 2.45) is 4.99 Å². The summed E-state index contributed by atoms with van der Waals surface area (Å²) >= 11 is 1.18. The van der Waals surface area contributed by atoms with Gasteiger partial charge in [-0.15, -0.1) is 0 Å². The molecular formula is C22H23N3O4S. The highest BCUT2D eigenvalue weighted by atomic mass is 32.2. The maximum absolute atomic E-state index is 12.6. The molecule has 7 nitrogen and oxygen atoms in total. The summed E-state index contributed by atoms with van der Waals surface area (Å²) < 4.78 is 0. The minimum atomic E-state index is -1.04. The Morgan fingerprint density at radius 2 is 1.93 bits per heavy atom. The monoisotopic (exact) mass is 425 g/mol. The average molecular weight is 426 g/mol. The predicted molar refractivity (Wildman–Crippen MR) is 121 cm³/mol. The van der Waals surface area contributed by atoms with Gasteiger partial charge in [-0.3, -0.25) is 9.69 Å². The zero-order chi connectivity index (χ0) is 21.8. The highest BCUT2D eigenvalue weighted by Gasteiger charge is 2.30. The Kier molecular flexibility index (Phi) is 6.47. The SMILES string of the molecule is CCN(CC)c1ccc(C=C2SC(=Nc3cccc(C(=O)O)c3)N(C)C2=O)c(O)c1. The maximum Gasteiger partial charge on any atom is 0.335 e. The van der Waals surface area contributed by atoms with E-state index in [1.54, 1.807) is 37.4 Å². The molecule has 1 heterocycles. The number of hydrogen-bond donors (Lipinski definition) is 2. The molecule has 2 aromatic carbocycles. The van der Waals surface area contributed by atoms with E-state index < -0.39 is 5.97 Å². The van der Waals surface area contributed by atoms with Crippen LogP contribution in [0.2, 0.25) is 0 Å². The lowest BCUT2D eigenvalue weighted by molar-refractivity contribution is -0.121. The van der Waals surface area contributed by atoms with Gasteiger partial charge in [-0.1, -0.05) is 6.07 Å². The van der Waals surface area contributed by atoms with Crippen molar-refractivity contribution < 1.29 is 19.8 Å². The Morgan fingerprint density at radius 3 is 2.57 bits per heavy atom. The molecule has 1 fully saturated rings.